The fraction of sp³-hybridized carbons (Fsp3) is 0.111. The molecule has 0 aromatic carbocycles. The van der Waals surface area contributed by atoms with E-state index in [1.165, 1.54) is 0 Å². The summed E-state index contributed by atoms with van der Waals surface area (Å²) in [5.74, 6) is 0. The number of rotatable bonds is 1. The highest BCUT2D eigenvalue weighted by Gasteiger charge is 2.09. The molecule has 2 N–H and O–H groups in total. The first-order valence-corrected chi connectivity index (χ1v) is 4.75. The van der Waals surface area contributed by atoms with E-state index in [1.54, 1.807) is 24.3 Å². The SMILES string of the molecule is CSc1[c]c2cocc(N)c-2c1. The van der Waals surface area contributed by atoms with Gasteiger partial charge >= 0.3 is 0 Å². The van der Waals surface area contributed by atoms with Gasteiger partial charge in [-0.2, -0.15) is 0 Å². The quantitative estimate of drug-likeness (QED) is 0.682. The summed E-state index contributed by atoms with van der Waals surface area (Å²) in [6.45, 7) is 0. The monoisotopic (exact) mass is 178 g/mol. The highest BCUT2D eigenvalue weighted by Crippen LogP contribution is 2.33. The van der Waals surface area contributed by atoms with Gasteiger partial charge in [-0.25, -0.2) is 0 Å². The molecule has 0 bridgehead atoms. The summed E-state index contributed by atoms with van der Waals surface area (Å²) < 4.78 is 5.01. The minimum absolute atomic E-state index is 0.670. The Hall–Kier alpha value is -1.09. The molecule has 1 heterocycles. The van der Waals surface area contributed by atoms with Crippen molar-refractivity contribution < 1.29 is 4.42 Å². The van der Waals surface area contributed by atoms with Gasteiger partial charge in [0.15, 0.2) is 0 Å². The lowest BCUT2D eigenvalue weighted by Gasteiger charge is -1.98. The summed E-state index contributed by atoms with van der Waals surface area (Å²) >= 11 is 1.65. The van der Waals surface area contributed by atoms with Gasteiger partial charge in [-0.15, -0.1) is 11.8 Å². The van der Waals surface area contributed by atoms with Crippen LogP contribution in [0.4, 0.5) is 5.69 Å². The van der Waals surface area contributed by atoms with Gasteiger partial charge in [0.1, 0.15) is 6.26 Å². The molecule has 1 aliphatic carbocycles. The van der Waals surface area contributed by atoms with Crippen molar-refractivity contribution in [2.75, 3.05) is 12.0 Å². The molecule has 1 radical (unpaired) electrons. The lowest BCUT2D eigenvalue weighted by Crippen LogP contribution is -1.86. The standard InChI is InChI=1S/C9H8NOS/c1-12-7-2-6-4-11-5-9(10)8(6)3-7/h3-5H,10H2,1H3. The van der Waals surface area contributed by atoms with Crippen molar-refractivity contribution in [3.05, 3.63) is 24.7 Å². The Kier molecular flexibility index (Phi) is 1.73. The minimum atomic E-state index is 0.670. The average molecular weight is 178 g/mol. The van der Waals surface area contributed by atoms with E-state index in [4.69, 9.17) is 10.2 Å². The third-order valence-corrected chi connectivity index (χ3v) is 2.40. The first kappa shape index (κ1) is 7.55. The second-order valence-electron chi connectivity index (χ2n) is 2.49. The maximum Gasteiger partial charge on any atom is 0.114 e. The maximum absolute atomic E-state index is 5.70. The molecule has 12 heavy (non-hydrogen) atoms. The van der Waals surface area contributed by atoms with Crippen LogP contribution in [0.1, 0.15) is 0 Å². The van der Waals surface area contributed by atoms with Crippen LogP contribution in [0.2, 0.25) is 0 Å². The molecule has 0 amide bonds. The van der Waals surface area contributed by atoms with E-state index in [2.05, 4.69) is 6.07 Å². The van der Waals surface area contributed by atoms with Gasteiger partial charge in [0, 0.05) is 22.1 Å². The number of thioether (sulfide) groups is 1. The molecular formula is C9H8NOS. The number of nitrogen functional groups attached to an aromatic ring is 1. The van der Waals surface area contributed by atoms with E-state index in [-0.39, 0.29) is 0 Å². The number of hydrogen-bond acceptors (Lipinski definition) is 3. The first-order chi connectivity index (χ1) is 5.81. The Balaban J connectivity index is 2.66. The molecule has 0 fully saturated rings. The Bertz CT molecular complexity index is 369. The van der Waals surface area contributed by atoms with Crippen LogP contribution in [0.3, 0.4) is 0 Å². The molecule has 1 aliphatic heterocycles. The molecule has 61 valence electrons. The van der Waals surface area contributed by atoms with Crippen LogP contribution >= 0.6 is 11.8 Å². The maximum atomic E-state index is 5.70. The highest BCUT2D eigenvalue weighted by atomic mass is 32.2. The van der Waals surface area contributed by atoms with Crippen LogP contribution in [0, 0.1) is 6.07 Å². The summed E-state index contributed by atoms with van der Waals surface area (Å²) in [6, 6.07) is 5.19. The minimum Gasteiger partial charge on any atom is -0.470 e. The van der Waals surface area contributed by atoms with E-state index in [9.17, 15) is 0 Å². The lowest BCUT2D eigenvalue weighted by molar-refractivity contribution is 0.554. The van der Waals surface area contributed by atoms with Crippen LogP contribution in [-0.2, 0) is 0 Å². The van der Waals surface area contributed by atoms with Crippen LogP contribution in [0.5, 0.6) is 0 Å². The van der Waals surface area contributed by atoms with E-state index in [1.807, 2.05) is 12.3 Å². The van der Waals surface area contributed by atoms with Crippen molar-refractivity contribution in [3.63, 3.8) is 0 Å². The molecule has 0 aromatic rings. The largest absolute Gasteiger partial charge is 0.470 e. The van der Waals surface area contributed by atoms with Gasteiger partial charge < -0.3 is 10.2 Å². The Labute approximate surface area is 75.1 Å². The van der Waals surface area contributed by atoms with Crippen LogP contribution in [0.15, 0.2) is 27.9 Å². The summed E-state index contributed by atoms with van der Waals surface area (Å²) in [5.41, 5.74) is 8.33. The zero-order valence-electron chi connectivity index (χ0n) is 6.63. The zero-order chi connectivity index (χ0) is 8.55. The Morgan fingerprint density at radius 1 is 1.50 bits per heavy atom. The molecule has 0 saturated carbocycles. The summed E-state index contributed by atoms with van der Waals surface area (Å²) in [7, 11) is 0. The van der Waals surface area contributed by atoms with Crippen molar-refractivity contribution >= 4 is 17.4 Å². The third kappa shape index (κ3) is 1.06. The third-order valence-electron chi connectivity index (χ3n) is 1.74. The molecule has 2 aliphatic rings. The van der Waals surface area contributed by atoms with Crippen molar-refractivity contribution in [1.82, 2.24) is 0 Å². The summed E-state index contributed by atoms with van der Waals surface area (Å²) in [4.78, 5) is 1.10. The second-order valence-corrected chi connectivity index (χ2v) is 3.34. The predicted octanol–water partition coefficient (Wildman–Crippen LogP) is 2.49. The van der Waals surface area contributed by atoms with E-state index < -0.39 is 0 Å². The van der Waals surface area contributed by atoms with Crippen LogP contribution in [-0.4, -0.2) is 6.26 Å². The topological polar surface area (TPSA) is 39.2 Å². The van der Waals surface area contributed by atoms with Gasteiger partial charge in [-0.3, -0.25) is 0 Å². The van der Waals surface area contributed by atoms with Gasteiger partial charge in [-0.1, -0.05) is 0 Å². The Morgan fingerprint density at radius 3 is 3.00 bits per heavy atom. The number of hydrogen-bond donors (Lipinski definition) is 1. The molecule has 0 unspecified atom stereocenters. The number of nitrogens with two attached hydrogens (primary N) is 1. The fourth-order valence-electron chi connectivity index (χ4n) is 1.13. The van der Waals surface area contributed by atoms with E-state index >= 15 is 0 Å². The normalized spacial score (nSPS) is 10.8. The summed E-state index contributed by atoms with van der Waals surface area (Å²) in [5, 5.41) is 0. The van der Waals surface area contributed by atoms with Crippen molar-refractivity contribution in [3.8, 4) is 11.1 Å². The predicted molar refractivity (Wildman–Crippen MR) is 50.4 cm³/mol. The van der Waals surface area contributed by atoms with Crippen LogP contribution < -0.4 is 5.73 Å². The average Bonchev–Trinajstić information content (AvgIpc) is 2.49. The molecule has 0 atom stereocenters. The van der Waals surface area contributed by atoms with E-state index in [0.717, 1.165) is 16.0 Å². The molecule has 3 heteroatoms. The Morgan fingerprint density at radius 2 is 2.33 bits per heavy atom. The van der Waals surface area contributed by atoms with Crippen molar-refractivity contribution in [2.24, 2.45) is 0 Å². The molecule has 2 rings (SSSR count). The summed E-state index contributed by atoms with van der Waals surface area (Å²) in [6.07, 6.45) is 5.21. The van der Waals surface area contributed by atoms with Gasteiger partial charge in [-0.05, 0) is 12.3 Å². The zero-order valence-corrected chi connectivity index (χ0v) is 7.44. The number of fused-ring (bicyclic) bond motifs is 1. The molecular weight excluding hydrogens is 170 g/mol. The van der Waals surface area contributed by atoms with Crippen LogP contribution in [0.25, 0.3) is 11.1 Å². The molecule has 0 spiro atoms. The van der Waals surface area contributed by atoms with E-state index in [0.29, 0.717) is 5.69 Å². The number of anilines is 1. The smallest absolute Gasteiger partial charge is 0.114 e. The first-order valence-electron chi connectivity index (χ1n) is 3.53. The second kappa shape index (κ2) is 2.75. The van der Waals surface area contributed by atoms with Crippen molar-refractivity contribution in [1.29, 1.82) is 0 Å². The lowest BCUT2D eigenvalue weighted by atomic mass is 10.2. The fourth-order valence-corrected chi connectivity index (χ4v) is 1.57. The van der Waals surface area contributed by atoms with Gasteiger partial charge in [0.2, 0.25) is 0 Å². The van der Waals surface area contributed by atoms with Gasteiger partial charge in [0.05, 0.1) is 12.0 Å². The molecule has 0 saturated heterocycles. The van der Waals surface area contributed by atoms with Crippen molar-refractivity contribution in [2.45, 2.75) is 4.90 Å². The molecule has 2 nitrogen and oxygen atoms in total. The highest BCUT2D eigenvalue weighted by molar-refractivity contribution is 7.98. The van der Waals surface area contributed by atoms with Gasteiger partial charge in [0.25, 0.3) is 0 Å². The molecule has 0 aromatic heterocycles.